The maximum absolute atomic E-state index is 13.0. The third kappa shape index (κ3) is 3.37. The van der Waals surface area contributed by atoms with Gasteiger partial charge in [0, 0.05) is 22.1 Å². The number of thioether (sulfide) groups is 1. The fourth-order valence-corrected chi connectivity index (χ4v) is 4.49. The number of carbonyl (C=O) groups is 1. The smallest absolute Gasteiger partial charge is 0.325 e. The molecule has 2 aromatic heterocycles. The van der Waals surface area contributed by atoms with E-state index in [1.807, 2.05) is 54.6 Å². The Balaban J connectivity index is 1.73. The number of carbonyl (C=O) groups excluding carboxylic acids is 1. The maximum Gasteiger partial charge on any atom is 0.325 e. The predicted octanol–water partition coefficient (Wildman–Crippen LogP) is 4.16. The molecule has 1 amide bonds. The Morgan fingerprint density at radius 3 is 2.62 bits per heavy atom. The van der Waals surface area contributed by atoms with E-state index in [4.69, 9.17) is 4.42 Å². The number of hydrogen-bond acceptors (Lipinski definition) is 6. The van der Waals surface area contributed by atoms with Crippen LogP contribution in [0.25, 0.3) is 22.6 Å². The summed E-state index contributed by atoms with van der Waals surface area (Å²) in [7, 11) is 0. The van der Waals surface area contributed by atoms with Gasteiger partial charge in [-0.25, -0.2) is 9.88 Å². The number of amides is 1. The monoisotopic (exact) mass is 508 g/mol. The summed E-state index contributed by atoms with van der Waals surface area (Å²) < 4.78 is 8.73. The van der Waals surface area contributed by atoms with E-state index in [0.29, 0.717) is 33.6 Å². The van der Waals surface area contributed by atoms with Crippen molar-refractivity contribution in [2.45, 2.75) is 18.2 Å². The minimum absolute atomic E-state index is 0.195. The van der Waals surface area contributed by atoms with Gasteiger partial charge in [-0.15, -0.1) is 0 Å². The van der Waals surface area contributed by atoms with Crippen LogP contribution in [0.2, 0.25) is 0 Å². The van der Waals surface area contributed by atoms with Crippen molar-refractivity contribution < 1.29 is 19.0 Å². The first kappa shape index (κ1) is 20.7. The van der Waals surface area contributed by atoms with E-state index in [0.717, 1.165) is 10.0 Å². The number of furan rings is 1. The first-order valence-electron chi connectivity index (χ1n) is 9.77. The summed E-state index contributed by atoms with van der Waals surface area (Å²) in [6, 6.07) is 18.7. The maximum atomic E-state index is 13.0. The number of benzene rings is 2. The number of halogens is 1. The molecule has 3 heterocycles. The third-order valence-corrected chi connectivity index (χ3v) is 6.32. The summed E-state index contributed by atoms with van der Waals surface area (Å²) in [5.74, 6) is 0.547. The van der Waals surface area contributed by atoms with E-state index in [-0.39, 0.29) is 5.91 Å². The molecule has 0 bridgehead atoms. The zero-order valence-electron chi connectivity index (χ0n) is 17.2. The van der Waals surface area contributed by atoms with Crippen LogP contribution in [0, 0.1) is 0 Å². The molecule has 0 saturated heterocycles. The van der Waals surface area contributed by atoms with Crippen LogP contribution in [-0.4, -0.2) is 22.2 Å². The van der Waals surface area contributed by atoms with Crippen molar-refractivity contribution in [1.82, 2.24) is 10.1 Å². The summed E-state index contributed by atoms with van der Waals surface area (Å²) in [5.41, 5.74) is 2.44. The number of para-hydroxylation sites is 1. The Morgan fingerprint density at radius 1 is 1.16 bits per heavy atom. The van der Waals surface area contributed by atoms with Crippen LogP contribution < -0.4 is 14.7 Å². The van der Waals surface area contributed by atoms with Crippen molar-refractivity contribution in [3.05, 3.63) is 70.9 Å². The van der Waals surface area contributed by atoms with Crippen LogP contribution in [0.15, 0.2) is 74.7 Å². The van der Waals surface area contributed by atoms with Crippen LogP contribution in [0.3, 0.4) is 0 Å². The molecule has 4 aromatic rings. The van der Waals surface area contributed by atoms with Crippen molar-refractivity contribution in [2.75, 3.05) is 11.2 Å². The standard InChI is InChI=1S/C23H17BrN4O3S/c1-13(29)27-17-6-4-3-5-16(17)20-21(30)25-23(32-2)26-28(20)22(27)19-12-11-18(31-19)14-7-9-15(24)10-8-14/h3-12,22H,1-2H3. The Labute approximate surface area is 196 Å². The van der Waals surface area contributed by atoms with Gasteiger partial charge in [0.15, 0.2) is 5.76 Å². The lowest BCUT2D eigenvalue weighted by atomic mass is 10.0. The Hall–Kier alpha value is -3.17. The molecule has 7 nitrogen and oxygen atoms in total. The Bertz CT molecular complexity index is 1340. The average Bonchev–Trinajstić information content (AvgIpc) is 3.27. The molecule has 1 unspecified atom stereocenters. The lowest BCUT2D eigenvalue weighted by Gasteiger charge is -2.31. The van der Waals surface area contributed by atoms with Crippen LogP contribution in [0.1, 0.15) is 18.8 Å². The third-order valence-electron chi connectivity index (χ3n) is 5.25. The van der Waals surface area contributed by atoms with Crippen molar-refractivity contribution in [3.63, 3.8) is 0 Å². The van der Waals surface area contributed by atoms with Crippen molar-refractivity contribution >= 4 is 39.3 Å². The highest BCUT2D eigenvalue weighted by Crippen LogP contribution is 2.41. The van der Waals surface area contributed by atoms with E-state index >= 15 is 0 Å². The predicted molar refractivity (Wildman–Crippen MR) is 122 cm³/mol. The molecule has 5 rings (SSSR count). The Kier molecular flexibility index (Phi) is 5.22. The second-order valence-electron chi connectivity index (χ2n) is 7.19. The molecule has 0 N–H and O–H groups in total. The molecule has 32 heavy (non-hydrogen) atoms. The SMILES string of the molecule is CSc1nc([O-])c2[n+](n1)C(c1ccc(-c3ccc(Br)cc3)o1)N(C(C)=O)c1ccccc1-2. The van der Waals surface area contributed by atoms with Gasteiger partial charge in [-0.3, -0.25) is 4.79 Å². The number of aromatic nitrogens is 3. The van der Waals surface area contributed by atoms with Crippen molar-refractivity contribution in [2.24, 2.45) is 0 Å². The van der Waals surface area contributed by atoms with Crippen molar-refractivity contribution in [1.29, 1.82) is 0 Å². The molecule has 0 aliphatic carbocycles. The second-order valence-corrected chi connectivity index (χ2v) is 8.87. The van der Waals surface area contributed by atoms with E-state index in [9.17, 15) is 9.90 Å². The van der Waals surface area contributed by atoms with E-state index in [2.05, 4.69) is 26.0 Å². The zero-order valence-corrected chi connectivity index (χ0v) is 19.6. The van der Waals surface area contributed by atoms with E-state index in [1.165, 1.54) is 18.7 Å². The molecule has 1 atom stereocenters. The molecule has 0 radical (unpaired) electrons. The second kappa shape index (κ2) is 8.07. The highest BCUT2D eigenvalue weighted by atomic mass is 79.9. The normalized spacial score (nSPS) is 14.7. The van der Waals surface area contributed by atoms with Gasteiger partial charge in [0.2, 0.25) is 5.91 Å². The molecular weight excluding hydrogens is 492 g/mol. The van der Waals surface area contributed by atoms with Gasteiger partial charge in [0.1, 0.15) is 5.76 Å². The number of nitrogens with zero attached hydrogens (tertiary/aromatic N) is 4. The molecule has 0 fully saturated rings. The lowest BCUT2D eigenvalue weighted by Crippen LogP contribution is -2.58. The Morgan fingerprint density at radius 2 is 1.91 bits per heavy atom. The molecule has 1 aliphatic rings. The van der Waals surface area contributed by atoms with Crippen LogP contribution in [0.4, 0.5) is 5.69 Å². The summed E-state index contributed by atoms with van der Waals surface area (Å²) in [4.78, 5) is 18.5. The molecule has 9 heteroatoms. The van der Waals surface area contributed by atoms with Gasteiger partial charge >= 0.3 is 6.17 Å². The summed E-state index contributed by atoms with van der Waals surface area (Å²) >= 11 is 4.71. The lowest BCUT2D eigenvalue weighted by molar-refractivity contribution is -0.765. The van der Waals surface area contributed by atoms with Crippen molar-refractivity contribution in [3.8, 4) is 28.5 Å². The topological polar surface area (TPSA) is 86.2 Å². The van der Waals surface area contributed by atoms with Crippen LogP contribution >= 0.6 is 27.7 Å². The first-order valence-corrected chi connectivity index (χ1v) is 11.8. The first-order chi connectivity index (χ1) is 15.5. The number of fused-ring (bicyclic) bond motifs is 3. The fourth-order valence-electron chi connectivity index (χ4n) is 3.88. The number of rotatable bonds is 3. The van der Waals surface area contributed by atoms with Crippen LogP contribution in [-0.2, 0) is 4.79 Å². The highest BCUT2D eigenvalue weighted by Gasteiger charge is 2.45. The van der Waals surface area contributed by atoms with Gasteiger partial charge in [-0.2, -0.15) is 0 Å². The quantitative estimate of drug-likeness (QED) is 0.305. The van der Waals surface area contributed by atoms with Crippen LogP contribution in [0.5, 0.6) is 5.88 Å². The van der Waals surface area contributed by atoms with Gasteiger partial charge in [0.25, 0.3) is 10.9 Å². The van der Waals surface area contributed by atoms with Gasteiger partial charge in [0.05, 0.1) is 17.1 Å². The molecular formula is C23H17BrN4O3S. The molecule has 2 aromatic carbocycles. The summed E-state index contributed by atoms with van der Waals surface area (Å²) in [5, 5.41) is 17.9. The largest absolute Gasteiger partial charge is 0.854 e. The molecule has 1 aliphatic heterocycles. The van der Waals surface area contributed by atoms with Gasteiger partial charge < -0.3 is 9.52 Å². The summed E-state index contributed by atoms with van der Waals surface area (Å²) in [6.45, 7) is 1.49. The average molecular weight is 509 g/mol. The highest BCUT2D eigenvalue weighted by molar-refractivity contribution is 9.10. The zero-order chi connectivity index (χ0) is 22.4. The van der Waals surface area contributed by atoms with E-state index in [1.54, 1.807) is 21.9 Å². The summed E-state index contributed by atoms with van der Waals surface area (Å²) in [6.07, 6.45) is 1.04. The minimum Gasteiger partial charge on any atom is -0.854 e. The number of hydrogen-bond donors (Lipinski definition) is 0. The van der Waals surface area contributed by atoms with Gasteiger partial charge in [-0.05, 0) is 47.3 Å². The number of anilines is 1. The molecule has 160 valence electrons. The fraction of sp³-hybridized carbons (Fsp3) is 0.130. The minimum atomic E-state index is -0.761. The molecule has 0 spiro atoms. The molecule has 0 saturated carbocycles. The van der Waals surface area contributed by atoms with Gasteiger partial charge in [-0.1, -0.05) is 52.0 Å². The van der Waals surface area contributed by atoms with E-state index < -0.39 is 12.0 Å².